The van der Waals surface area contributed by atoms with Crippen molar-refractivity contribution in [1.29, 1.82) is 0 Å². The van der Waals surface area contributed by atoms with Crippen LogP contribution in [0.2, 0.25) is 0 Å². The normalized spacial score (nSPS) is 34.1. The van der Waals surface area contributed by atoms with E-state index in [1.165, 1.54) is 0 Å². The number of rotatable bonds is 7. The second-order valence-electron chi connectivity index (χ2n) is 4.46. The van der Waals surface area contributed by atoms with E-state index in [1.807, 2.05) is 0 Å². The highest BCUT2D eigenvalue weighted by Gasteiger charge is 2.50. The van der Waals surface area contributed by atoms with E-state index in [4.69, 9.17) is 14.8 Å². The van der Waals surface area contributed by atoms with Crippen LogP contribution in [0.25, 0.3) is 0 Å². The fourth-order valence-electron chi connectivity index (χ4n) is 1.99. The predicted octanol–water partition coefficient (Wildman–Crippen LogP) is -3.76. The highest BCUT2D eigenvalue weighted by molar-refractivity contribution is 7.97. The van der Waals surface area contributed by atoms with Crippen LogP contribution in [0.1, 0.15) is 0 Å². The molecule has 1 rings (SSSR count). The second kappa shape index (κ2) is 7.33. The van der Waals surface area contributed by atoms with Crippen LogP contribution in [0.5, 0.6) is 0 Å². The lowest BCUT2D eigenvalue weighted by Gasteiger charge is -2.20. The molecule has 0 saturated carbocycles. The minimum absolute atomic E-state index is 0.0832. The van der Waals surface area contributed by atoms with Gasteiger partial charge in [0.1, 0.15) is 35.9 Å². The Hall–Kier alpha value is 0.0200. The van der Waals surface area contributed by atoms with Crippen molar-refractivity contribution in [1.82, 2.24) is 0 Å². The van der Waals surface area contributed by atoms with Gasteiger partial charge in [-0.15, -0.1) is 0 Å². The van der Waals surface area contributed by atoms with Gasteiger partial charge in [-0.25, -0.2) is 4.18 Å². The molecule has 1 unspecified atom stereocenters. The van der Waals surface area contributed by atoms with Crippen molar-refractivity contribution in [3.8, 4) is 0 Å². The van der Waals surface area contributed by atoms with E-state index in [0.717, 1.165) is 0 Å². The number of hydrogen-bond donors (Lipinski definition) is 6. The SMILES string of the molecule is O=S(=O)(O)O[C@@H](CO)[C@H](O)C[S+]1C[C@@H](O)[C@H](O)[C@H]1CO. The van der Waals surface area contributed by atoms with Gasteiger partial charge in [-0.3, -0.25) is 4.55 Å². The third kappa shape index (κ3) is 4.79. The van der Waals surface area contributed by atoms with Crippen LogP contribution in [0.4, 0.5) is 0 Å². The minimum atomic E-state index is -4.82. The summed E-state index contributed by atoms with van der Waals surface area (Å²) in [5, 5.41) is 46.4. The monoisotopic (exact) mass is 335 g/mol. The van der Waals surface area contributed by atoms with Gasteiger partial charge >= 0.3 is 10.4 Å². The standard InChI is InChI=1S/C9H18O9S2/c10-1-7(18-20(15,16)17)5(12)3-19-4-6(13)9(14)8(19)2-11/h5-14H,1-4H2/p+1/t5-,6-,7+,8-,9+,19?/m1/s1. The summed E-state index contributed by atoms with van der Waals surface area (Å²) in [4.78, 5) is 0. The van der Waals surface area contributed by atoms with Gasteiger partial charge < -0.3 is 25.5 Å². The summed E-state index contributed by atoms with van der Waals surface area (Å²) in [5.74, 6) is 0.0631. The molecule has 0 aromatic rings. The van der Waals surface area contributed by atoms with Gasteiger partial charge in [-0.1, -0.05) is 0 Å². The molecule has 1 heterocycles. The van der Waals surface area contributed by atoms with Crippen LogP contribution in [-0.4, -0.2) is 92.9 Å². The van der Waals surface area contributed by atoms with Crippen LogP contribution < -0.4 is 0 Å². The van der Waals surface area contributed by atoms with Crippen LogP contribution in [0.3, 0.4) is 0 Å². The quantitative estimate of drug-likeness (QED) is 0.202. The second-order valence-corrected chi connectivity index (χ2v) is 7.86. The summed E-state index contributed by atoms with van der Waals surface area (Å²) < 4.78 is 33.8. The highest BCUT2D eigenvalue weighted by Crippen LogP contribution is 2.25. The van der Waals surface area contributed by atoms with Crippen molar-refractivity contribution in [2.45, 2.75) is 29.7 Å². The van der Waals surface area contributed by atoms with E-state index < -0.39 is 64.2 Å². The molecule has 1 fully saturated rings. The van der Waals surface area contributed by atoms with Crippen molar-refractivity contribution >= 4 is 21.3 Å². The van der Waals surface area contributed by atoms with Gasteiger partial charge in [0.05, 0.1) is 13.2 Å². The van der Waals surface area contributed by atoms with E-state index in [1.54, 1.807) is 0 Å². The fraction of sp³-hybridized carbons (Fsp3) is 1.00. The first-order valence-electron chi connectivity index (χ1n) is 5.77. The van der Waals surface area contributed by atoms with Crippen molar-refractivity contribution in [2.75, 3.05) is 24.7 Å². The van der Waals surface area contributed by atoms with Crippen molar-refractivity contribution in [2.24, 2.45) is 0 Å². The Kier molecular flexibility index (Phi) is 6.63. The molecule has 0 aliphatic carbocycles. The maximum atomic E-state index is 10.6. The van der Waals surface area contributed by atoms with Crippen molar-refractivity contribution in [3.63, 3.8) is 0 Å². The first-order chi connectivity index (χ1) is 9.19. The average Bonchev–Trinajstić information content (AvgIpc) is 2.60. The Morgan fingerprint density at radius 3 is 2.35 bits per heavy atom. The zero-order chi connectivity index (χ0) is 15.5. The zero-order valence-electron chi connectivity index (χ0n) is 10.4. The Morgan fingerprint density at radius 1 is 1.30 bits per heavy atom. The third-order valence-electron chi connectivity index (χ3n) is 3.01. The molecule has 6 N–H and O–H groups in total. The predicted molar refractivity (Wildman–Crippen MR) is 69.5 cm³/mol. The Balaban J connectivity index is 2.66. The Morgan fingerprint density at radius 2 is 1.90 bits per heavy atom. The van der Waals surface area contributed by atoms with E-state index in [2.05, 4.69) is 4.18 Å². The van der Waals surface area contributed by atoms with E-state index in [0.29, 0.717) is 0 Å². The van der Waals surface area contributed by atoms with Crippen molar-refractivity contribution < 1.29 is 42.7 Å². The molecule has 0 amide bonds. The van der Waals surface area contributed by atoms with Gasteiger partial charge in [-0.2, -0.15) is 8.42 Å². The molecule has 1 aliphatic heterocycles. The van der Waals surface area contributed by atoms with Crippen LogP contribution in [0, 0.1) is 0 Å². The average molecular weight is 335 g/mol. The lowest BCUT2D eigenvalue weighted by molar-refractivity contribution is 0.0112. The molecule has 6 atom stereocenters. The molecule has 0 radical (unpaired) electrons. The molecule has 1 aliphatic rings. The molecule has 0 aromatic heterocycles. The highest BCUT2D eigenvalue weighted by atomic mass is 32.3. The summed E-state index contributed by atoms with van der Waals surface area (Å²) in [5.41, 5.74) is 0. The minimum Gasteiger partial charge on any atom is -0.394 e. The lowest BCUT2D eigenvalue weighted by atomic mass is 10.2. The third-order valence-corrected chi connectivity index (χ3v) is 6.32. The summed E-state index contributed by atoms with van der Waals surface area (Å²) in [6.07, 6.45) is -5.13. The molecular formula is C9H19O9S2+. The Bertz CT molecular complexity index is 400. The molecule has 0 spiro atoms. The molecule has 0 bridgehead atoms. The number of aliphatic hydroxyl groups is 5. The smallest absolute Gasteiger partial charge is 0.394 e. The van der Waals surface area contributed by atoms with E-state index in [-0.39, 0.29) is 11.5 Å². The van der Waals surface area contributed by atoms with Gasteiger partial charge in [0, 0.05) is 10.9 Å². The van der Waals surface area contributed by atoms with Gasteiger partial charge in [-0.05, 0) is 0 Å². The summed E-state index contributed by atoms with van der Waals surface area (Å²) in [7, 11) is -5.59. The zero-order valence-corrected chi connectivity index (χ0v) is 12.1. The first-order valence-corrected chi connectivity index (χ1v) is 8.76. The molecule has 1 saturated heterocycles. The number of aliphatic hydroxyl groups excluding tert-OH is 5. The largest absolute Gasteiger partial charge is 0.397 e. The number of hydrogen-bond acceptors (Lipinski definition) is 8. The molecule has 20 heavy (non-hydrogen) atoms. The lowest BCUT2D eigenvalue weighted by Crippen LogP contribution is -2.42. The van der Waals surface area contributed by atoms with E-state index in [9.17, 15) is 23.7 Å². The van der Waals surface area contributed by atoms with Gasteiger partial charge in [0.25, 0.3) is 0 Å². The molecule has 9 nitrogen and oxygen atoms in total. The molecule has 0 aromatic carbocycles. The van der Waals surface area contributed by atoms with E-state index >= 15 is 0 Å². The van der Waals surface area contributed by atoms with Crippen molar-refractivity contribution in [3.05, 3.63) is 0 Å². The summed E-state index contributed by atoms with van der Waals surface area (Å²) in [6.45, 7) is -1.23. The van der Waals surface area contributed by atoms with Crippen LogP contribution >= 0.6 is 0 Å². The van der Waals surface area contributed by atoms with Crippen LogP contribution in [0.15, 0.2) is 0 Å². The molecule has 120 valence electrons. The summed E-state index contributed by atoms with van der Waals surface area (Å²) in [6, 6.07) is 0. The van der Waals surface area contributed by atoms with Crippen LogP contribution in [-0.2, 0) is 25.5 Å². The Labute approximate surface area is 119 Å². The fourth-order valence-corrected chi connectivity index (χ4v) is 5.20. The van der Waals surface area contributed by atoms with Gasteiger partial charge in [0.2, 0.25) is 0 Å². The first kappa shape index (κ1) is 18.1. The topological polar surface area (TPSA) is 165 Å². The maximum absolute atomic E-state index is 10.6. The van der Waals surface area contributed by atoms with Gasteiger partial charge in [0.15, 0.2) is 5.25 Å². The summed E-state index contributed by atoms with van der Waals surface area (Å²) >= 11 is 0. The maximum Gasteiger partial charge on any atom is 0.397 e. The molecule has 11 heteroatoms. The molecular weight excluding hydrogens is 316 g/mol.